The first-order valence-corrected chi connectivity index (χ1v) is 12.2. The van der Waals surface area contributed by atoms with Gasteiger partial charge in [-0.15, -0.1) is 0 Å². The van der Waals surface area contributed by atoms with E-state index >= 15 is 0 Å². The molecule has 1 amide bonds. The predicted octanol–water partition coefficient (Wildman–Crippen LogP) is 3.02. The second-order valence-electron chi connectivity index (χ2n) is 6.44. The molecule has 2 aromatic rings. The molecule has 0 aromatic heterocycles. The minimum Gasteiger partial charge on any atom is -0.379 e. The van der Waals surface area contributed by atoms with Gasteiger partial charge in [-0.3, -0.25) is 4.79 Å². The van der Waals surface area contributed by atoms with Crippen LogP contribution in [0.4, 0.5) is 0 Å². The molecule has 1 N–H and O–H groups in total. The minimum absolute atomic E-state index is 0.186. The van der Waals surface area contributed by atoms with Gasteiger partial charge in [0.2, 0.25) is 10.0 Å². The smallest absolute Gasteiger partial charge is 0.251 e. The second-order valence-corrected chi connectivity index (χ2v) is 9.89. The molecule has 3 rings (SSSR count). The summed E-state index contributed by atoms with van der Waals surface area (Å²) >= 11 is 7.81. The highest BCUT2D eigenvalue weighted by atomic mass is 35.5. The Morgan fingerprint density at radius 2 is 1.79 bits per heavy atom. The molecule has 0 radical (unpaired) electrons. The van der Waals surface area contributed by atoms with Gasteiger partial charge < -0.3 is 10.1 Å². The Morgan fingerprint density at radius 1 is 1.10 bits per heavy atom. The van der Waals surface area contributed by atoms with Gasteiger partial charge in [0.05, 0.1) is 18.1 Å². The molecule has 2 aromatic carbocycles. The molecular weight excluding hydrogens is 432 g/mol. The van der Waals surface area contributed by atoms with Crippen LogP contribution in [-0.2, 0) is 20.5 Å². The number of sulfonamides is 1. The van der Waals surface area contributed by atoms with Gasteiger partial charge in [-0.1, -0.05) is 29.8 Å². The van der Waals surface area contributed by atoms with Crippen LogP contribution in [0.25, 0.3) is 0 Å². The fourth-order valence-corrected chi connectivity index (χ4v) is 5.40. The van der Waals surface area contributed by atoms with Crippen molar-refractivity contribution >= 4 is 39.3 Å². The first-order chi connectivity index (χ1) is 14.0. The summed E-state index contributed by atoms with van der Waals surface area (Å²) < 4.78 is 31.8. The lowest BCUT2D eigenvalue weighted by Gasteiger charge is -2.26. The summed E-state index contributed by atoms with van der Waals surface area (Å²) in [4.78, 5) is 12.5. The number of nitrogens with one attached hydrogen (secondary N) is 1. The zero-order chi connectivity index (χ0) is 20.7. The minimum atomic E-state index is -3.55. The van der Waals surface area contributed by atoms with Crippen molar-refractivity contribution in [3.63, 3.8) is 0 Å². The fourth-order valence-electron chi connectivity index (χ4n) is 2.85. The van der Waals surface area contributed by atoms with Crippen LogP contribution in [-0.4, -0.2) is 57.2 Å². The van der Waals surface area contributed by atoms with Crippen molar-refractivity contribution in [2.45, 2.75) is 10.6 Å². The van der Waals surface area contributed by atoms with E-state index in [0.717, 1.165) is 22.1 Å². The van der Waals surface area contributed by atoms with Crippen molar-refractivity contribution in [2.75, 3.05) is 38.6 Å². The number of rotatable bonds is 8. The topological polar surface area (TPSA) is 75.7 Å². The van der Waals surface area contributed by atoms with Crippen molar-refractivity contribution in [1.29, 1.82) is 0 Å². The van der Waals surface area contributed by atoms with Gasteiger partial charge in [0.1, 0.15) is 0 Å². The summed E-state index contributed by atoms with van der Waals surface area (Å²) in [7, 11) is -3.55. The molecule has 9 heteroatoms. The Morgan fingerprint density at radius 3 is 2.48 bits per heavy atom. The third-order valence-corrected chi connectivity index (χ3v) is 7.76. The van der Waals surface area contributed by atoms with E-state index in [2.05, 4.69) is 5.32 Å². The standard InChI is InChI=1S/C20H23ClN2O4S2/c21-19-4-2-1-3-17(19)15-28-14-9-22-20(24)16-5-7-18(8-6-16)29(25,26)23-10-12-27-13-11-23/h1-8H,9-15H2,(H,22,24). The highest BCUT2D eigenvalue weighted by molar-refractivity contribution is 7.98. The Kier molecular flexibility index (Phi) is 7.97. The van der Waals surface area contributed by atoms with E-state index in [9.17, 15) is 13.2 Å². The van der Waals surface area contributed by atoms with E-state index in [0.29, 0.717) is 38.4 Å². The number of halogens is 1. The van der Waals surface area contributed by atoms with E-state index in [-0.39, 0.29) is 10.8 Å². The van der Waals surface area contributed by atoms with Crippen molar-refractivity contribution in [3.05, 3.63) is 64.7 Å². The maximum atomic E-state index is 12.6. The molecule has 29 heavy (non-hydrogen) atoms. The molecule has 1 aliphatic heterocycles. The number of ether oxygens (including phenoxy) is 1. The fraction of sp³-hybridized carbons (Fsp3) is 0.350. The normalized spacial score (nSPS) is 15.2. The average molecular weight is 455 g/mol. The van der Waals surface area contributed by atoms with Gasteiger partial charge in [0.25, 0.3) is 5.91 Å². The summed E-state index contributed by atoms with van der Waals surface area (Å²) in [6, 6.07) is 13.7. The monoisotopic (exact) mass is 454 g/mol. The first-order valence-electron chi connectivity index (χ1n) is 9.26. The molecule has 1 aliphatic rings. The van der Waals surface area contributed by atoms with Crippen molar-refractivity contribution in [2.24, 2.45) is 0 Å². The van der Waals surface area contributed by atoms with Crippen LogP contribution in [0.3, 0.4) is 0 Å². The third-order valence-electron chi connectivity index (χ3n) is 4.47. The number of hydrogen-bond acceptors (Lipinski definition) is 5. The molecular formula is C20H23ClN2O4S2. The predicted molar refractivity (Wildman–Crippen MR) is 116 cm³/mol. The van der Waals surface area contributed by atoms with E-state index in [4.69, 9.17) is 16.3 Å². The molecule has 0 unspecified atom stereocenters. The number of thioether (sulfide) groups is 1. The molecule has 0 saturated carbocycles. The van der Waals surface area contributed by atoms with Gasteiger partial charge in [0.15, 0.2) is 0 Å². The number of hydrogen-bond donors (Lipinski definition) is 1. The second kappa shape index (κ2) is 10.4. The number of nitrogens with zero attached hydrogens (tertiary/aromatic N) is 1. The zero-order valence-electron chi connectivity index (χ0n) is 15.8. The summed E-state index contributed by atoms with van der Waals surface area (Å²) in [6.07, 6.45) is 0. The van der Waals surface area contributed by atoms with Gasteiger partial charge in [0, 0.05) is 41.7 Å². The van der Waals surface area contributed by atoms with Crippen molar-refractivity contribution in [3.8, 4) is 0 Å². The number of benzene rings is 2. The van der Waals surface area contributed by atoms with Crippen LogP contribution in [0.15, 0.2) is 53.4 Å². The van der Waals surface area contributed by atoms with Crippen LogP contribution in [0.1, 0.15) is 15.9 Å². The van der Waals surface area contributed by atoms with E-state index in [1.807, 2.05) is 24.3 Å². The van der Waals surface area contributed by atoms with Gasteiger partial charge in [-0.25, -0.2) is 8.42 Å². The zero-order valence-corrected chi connectivity index (χ0v) is 18.2. The Bertz CT molecular complexity index is 930. The Labute approximate surface area is 180 Å². The summed E-state index contributed by atoms with van der Waals surface area (Å²) in [6.45, 7) is 2.00. The van der Waals surface area contributed by atoms with E-state index in [1.54, 1.807) is 23.9 Å². The largest absolute Gasteiger partial charge is 0.379 e. The molecule has 156 valence electrons. The van der Waals surface area contributed by atoms with Crippen LogP contribution < -0.4 is 5.32 Å². The van der Waals surface area contributed by atoms with Gasteiger partial charge in [-0.2, -0.15) is 16.1 Å². The van der Waals surface area contributed by atoms with Gasteiger partial charge in [-0.05, 0) is 35.9 Å². The third kappa shape index (κ3) is 5.96. The quantitative estimate of drug-likeness (QED) is 0.620. The van der Waals surface area contributed by atoms with Crippen LogP contribution in [0, 0.1) is 0 Å². The number of amides is 1. The molecule has 6 nitrogen and oxygen atoms in total. The Hall–Kier alpha value is -1.58. The molecule has 0 aliphatic carbocycles. The molecule has 0 bridgehead atoms. The summed E-state index contributed by atoms with van der Waals surface area (Å²) in [5, 5.41) is 3.60. The first kappa shape index (κ1) is 22.1. The molecule has 1 fully saturated rings. The van der Waals surface area contributed by atoms with Crippen LogP contribution >= 0.6 is 23.4 Å². The SMILES string of the molecule is O=C(NCCSCc1ccccc1Cl)c1ccc(S(=O)(=O)N2CCOCC2)cc1. The van der Waals surface area contributed by atoms with Gasteiger partial charge >= 0.3 is 0 Å². The molecule has 0 atom stereocenters. The summed E-state index contributed by atoms with van der Waals surface area (Å²) in [5.41, 5.74) is 1.50. The molecule has 1 saturated heterocycles. The molecule has 0 spiro atoms. The maximum absolute atomic E-state index is 12.6. The summed E-state index contributed by atoms with van der Waals surface area (Å²) in [5.74, 6) is 1.31. The number of carbonyl (C=O) groups is 1. The van der Waals surface area contributed by atoms with Crippen molar-refractivity contribution < 1.29 is 17.9 Å². The number of carbonyl (C=O) groups excluding carboxylic acids is 1. The maximum Gasteiger partial charge on any atom is 0.251 e. The van der Waals surface area contributed by atoms with Crippen LogP contribution in [0.5, 0.6) is 0 Å². The highest BCUT2D eigenvalue weighted by Crippen LogP contribution is 2.20. The van der Waals surface area contributed by atoms with Crippen molar-refractivity contribution in [1.82, 2.24) is 9.62 Å². The average Bonchev–Trinajstić information content (AvgIpc) is 2.75. The number of morpholine rings is 1. The Balaban J connectivity index is 1.47. The van der Waals surface area contributed by atoms with Crippen LogP contribution in [0.2, 0.25) is 5.02 Å². The lowest BCUT2D eigenvalue weighted by Crippen LogP contribution is -2.40. The highest BCUT2D eigenvalue weighted by Gasteiger charge is 2.26. The van der Waals surface area contributed by atoms with E-state index in [1.165, 1.54) is 16.4 Å². The molecule has 1 heterocycles. The lowest BCUT2D eigenvalue weighted by molar-refractivity contribution is 0.0730. The lowest BCUT2D eigenvalue weighted by atomic mass is 10.2. The van der Waals surface area contributed by atoms with E-state index < -0.39 is 10.0 Å².